The third-order valence-corrected chi connectivity index (χ3v) is 3.01. The average Bonchev–Trinajstić information content (AvgIpc) is 2.99. The first kappa shape index (κ1) is 7.31. The van der Waals surface area contributed by atoms with Crippen molar-refractivity contribution in [2.45, 2.75) is 18.8 Å². The minimum Gasteiger partial charge on any atom is -0.447 e. The predicted octanol–water partition coefficient (Wildman–Crippen LogP) is 1.92. The van der Waals surface area contributed by atoms with Crippen LogP contribution < -0.4 is 5.32 Å². The van der Waals surface area contributed by atoms with Crippen LogP contribution in [0.4, 0.5) is 4.79 Å². The Kier molecular flexibility index (Phi) is 2.01. The number of amides is 1. The molecule has 2 aromatic rings. The van der Waals surface area contributed by atoms with Gasteiger partial charge in [-0.1, -0.05) is 6.07 Å². The Morgan fingerprint density at radius 3 is 3.19 bits per heavy atom. The number of alkyl carbamates (subject to hydrolysis) is 1. The molecule has 0 spiro atoms. The maximum atomic E-state index is 11.5. The smallest absolute Gasteiger partial charge is 0.407 e. The van der Waals surface area contributed by atoms with E-state index in [2.05, 4.69) is 9.72 Å². The van der Waals surface area contributed by atoms with E-state index in [-0.39, 0.29) is 18.2 Å². The summed E-state index contributed by atoms with van der Waals surface area (Å²) in [5.41, 5.74) is 0.693. The van der Waals surface area contributed by atoms with Crippen LogP contribution in [0.1, 0.15) is 22.1 Å². The first-order valence-electron chi connectivity index (χ1n) is 10.4. The first-order valence-corrected chi connectivity index (χ1v) is 6.43. The summed E-state index contributed by atoms with van der Waals surface area (Å²) < 4.78 is 69.5. The van der Waals surface area contributed by atoms with Crippen LogP contribution in [0.3, 0.4) is 0 Å². The van der Waals surface area contributed by atoms with Crippen molar-refractivity contribution in [1.29, 1.82) is 0 Å². The normalized spacial score (nSPS) is 31.1. The Balaban J connectivity index is 2.12. The average molecular weight is 295 g/mol. The number of H-pyrrole nitrogens is 1. The molecule has 1 fully saturated rings. The largest absolute Gasteiger partial charge is 0.447 e. The highest BCUT2D eigenvalue weighted by Gasteiger charge is 2.22. The van der Waals surface area contributed by atoms with Gasteiger partial charge in [0.15, 0.2) is 0 Å². The number of hydrogen-bond acceptors (Lipinski definition) is 3. The van der Waals surface area contributed by atoms with Crippen LogP contribution in [-0.4, -0.2) is 49.1 Å². The fraction of sp³-hybridized carbons (Fsp3) is 0.438. The highest BCUT2D eigenvalue weighted by Crippen LogP contribution is 2.21. The van der Waals surface area contributed by atoms with E-state index >= 15 is 0 Å². The van der Waals surface area contributed by atoms with Gasteiger partial charge in [-0.25, -0.2) is 4.79 Å². The van der Waals surface area contributed by atoms with E-state index in [4.69, 9.17) is 11.0 Å². The second-order valence-electron chi connectivity index (χ2n) is 4.83. The highest BCUT2D eigenvalue weighted by atomic mass is 16.6. The summed E-state index contributed by atoms with van der Waals surface area (Å²) in [4.78, 5) is 15.7. The van der Waals surface area contributed by atoms with Gasteiger partial charge in [0.1, 0.15) is 6.56 Å². The van der Waals surface area contributed by atoms with Crippen LogP contribution in [-0.2, 0) is 17.5 Å². The van der Waals surface area contributed by atoms with E-state index in [0.29, 0.717) is 16.5 Å². The van der Waals surface area contributed by atoms with Crippen LogP contribution in [0.5, 0.6) is 0 Å². The van der Waals surface area contributed by atoms with Gasteiger partial charge in [-0.3, -0.25) is 0 Å². The van der Waals surface area contributed by atoms with E-state index in [1.54, 1.807) is 14.1 Å². The predicted molar refractivity (Wildman–Crippen MR) is 82.5 cm³/mol. The van der Waals surface area contributed by atoms with Gasteiger partial charge in [0, 0.05) is 29.1 Å². The van der Waals surface area contributed by atoms with E-state index < -0.39 is 31.5 Å². The minimum atomic E-state index is -2.92. The molecule has 112 valence electrons. The molecule has 1 aliphatic heterocycles. The lowest BCUT2D eigenvalue weighted by molar-refractivity contribution is 0.177. The number of likely N-dealkylation sites (N-methyl/N-ethyl adjacent to an activating group) is 1. The van der Waals surface area contributed by atoms with Crippen LogP contribution in [0, 0.1) is 0 Å². The second-order valence-corrected chi connectivity index (χ2v) is 4.83. The van der Waals surface area contributed by atoms with Gasteiger partial charge in [0.2, 0.25) is 0 Å². The number of nitrogens with zero attached hydrogens (tertiary/aromatic N) is 1. The summed E-state index contributed by atoms with van der Waals surface area (Å²) in [6.07, 6.45) is -4.09. The molecule has 3 rings (SSSR count). The van der Waals surface area contributed by atoms with Crippen molar-refractivity contribution < 1.29 is 20.5 Å². The van der Waals surface area contributed by atoms with Crippen molar-refractivity contribution >= 4 is 17.0 Å². The molecule has 0 unspecified atom stereocenters. The first-order chi connectivity index (χ1) is 13.1. The standard InChI is InChI=1S/C16H21N3O2/c1-19(2)6-5-12-9-17-15-4-3-11(8-14(12)15)7-13-10-21-16(20)18-13/h3-4,8-9,13,17H,5-7,10H2,1-2H3,(H,18,20)/t13-/m0/s1/i6D2,7D2,9D,10D2,13D. The van der Waals surface area contributed by atoms with Crippen molar-refractivity contribution in [1.82, 2.24) is 15.2 Å². The Labute approximate surface area is 135 Å². The Bertz CT molecular complexity index is 974. The van der Waals surface area contributed by atoms with E-state index in [1.807, 2.05) is 5.32 Å². The number of benzene rings is 1. The van der Waals surface area contributed by atoms with E-state index in [9.17, 15) is 4.79 Å². The summed E-state index contributed by atoms with van der Waals surface area (Å²) in [5.74, 6) is 0. The molecule has 0 aliphatic carbocycles. The third-order valence-electron chi connectivity index (χ3n) is 3.01. The zero-order chi connectivity index (χ0) is 22.0. The molecule has 1 atom stereocenters. The highest BCUT2D eigenvalue weighted by molar-refractivity contribution is 5.84. The zero-order valence-corrected chi connectivity index (χ0v) is 11.7. The number of carbonyl (C=O) groups excluding carboxylic acids is 1. The molecule has 1 aliphatic rings. The molecule has 1 amide bonds. The van der Waals surface area contributed by atoms with Crippen molar-refractivity contribution in [3.8, 4) is 0 Å². The van der Waals surface area contributed by atoms with Gasteiger partial charge in [-0.05, 0) is 50.1 Å². The van der Waals surface area contributed by atoms with E-state index in [0.717, 1.165) is 0 Å². The zero-order valence-electron chi connectivity index (χ0n) is 19.7. The molecule has 1 aromatic heterocycles. The van der Waals surface area contributed by atoms with Crippen LogP contribution >= 0.6 is 0 Å². The monoisotopic (exact) mass is 295 g/mol. The molecule has 21 heavy (non-hydrogen) atoms. The summed E-state index contributed by atoms with van der Waals surface area (Å²) in [6, 6.07) is 1.41. The summed E-state index contributed by atoms with van der Waals surface area (Å²) in [6.45, 7) is -4.69. The lowest BCUT2D eigenvalue weighted by atomic mass is 10.0. The lowest BCUT2D eigenvalue weighted by Gasteiger charge is -2.09. The van der Waals surface area contributed by atoms with Gasteiger partial charge in [0.05, 0.1) is 11.5 Å². The van der Waals surface area contributed by atoms with Gasteiger partial charge in [-0.15, -0.1) is 0 Å². The molecular formula is C16H21N3O2. The number of aromatic amines is 1. The van der Waals surface area contributed by atoms with E-state index in [1.165, 1.54) is 23.1 Å². The van der Waals surface area contributed by atoms with Crippen LogP contribution in [0.25, 0.3) is 10.9 Å². The number of aromatic nitrogens is 1. The number of hydrogen-bond donors (Lipinski definition) is 2. The molecule has 5 heteroatoms. The number of cyclic esters (lactones) is 1. The quantitative estimate of drug-likeness (QED) is 0.886. The molecule has 2 heterocycles. The fourth-order valence-electron chi connectivity index (χ4n) is 2.02. The number of rotatable bonds is 5. The molecule has 5 nitrogen and oxygen atoms in total. The van der Waals surface area contributed by atoms with Gasteiger partial charge < -0.3 is 19.9 Å². The summed E-state index contributed by atoms with van der Waals surface area (Å²) in [5, 5.41) is 2.31. The van der Waals surface area contributed by atoms with Crippen molar-refractivity contribution in [2.75, 3.05) is 27.2 Å². The molecule has 2 N–H and O–H groups in total. The number of nitrogens with one attached hydrogen (secondary N) is 2. The van der Waals surface area contributed by atoms with Crippen LogP contribution in [0.15, 0.2) is 24.4 Å². The number of carbonyl (C=O) groups is 1. The molecular weight excluding hydrogens is 266 g/mol. The summed E-state index contributed by atoms with van der Waals surface area (Å²) >= 11 is 0. The number of aryl methyl sites for hydroxylation is 1. The second kappa shape index (κ2) is 5.77. The topological polar surface area (TPSA) is 57.4 Å². The maximum absolute atomic E-state index is 11.5. The summed E-state index contributed by atoms with van der Waals surface area (Å²) in [7, 11) is 3.13. The molecule has 0 saturated carbocycles. The van der Waals surface area contributed by atoms with Gasteiger partial charge >= 0.3 is 6.09 Å². The number of ether oxygens (including phenoxy) is 1. The Morgan fingerprint density at radius 1 is 1.62 bits per heavy atom. The van der Waals surface area contributed by atoms with Crippen molar-refractivity contribution in [2.24, 2.45) is 0 Å². The van der Waals surface area contributed by atoms with Gasteiger partial charge in [0.25, 0.3) is 0 Å². The molecule has 0 bridgehead atoms. The molecule has 0 radical (unpaired) electrons. The maximum Gasteiger partial charge on any atom is 0.407 e. The lowest BCUT2D eigenvalue weighted by Crippen LogP contribution is -2.28. The Hall–Kier alpha value is -2.01. The van der Waals surface area contributed by atoms with Crippen LogP contribution in [0.2, 0.25) is 0 Å². The SMILES string of the molecule is [2H]c1[nH]c2ccc(C([2H])([2H])[C@]3([2H])NC(=O)OC3([2H])[2H])cc2c1CC([2H])([2H])N(C)C. The molecule has 1 aromatic carbocycles. The van der Waals surface area contributed by atoms with Crippen molar-refractivity contribution in [3.63, 3.8) is 0 Å². The fourth-order valence-corrected chi connectivity index (χ4v) is 2.02. The van der Waals surface area contributed by atoms with Crippen molar-refractivity contribution in [3.05, 3.63) is 35.5 Å². The minimum absolute atomic E-state index is 0.0168. The van der Waals surface area contributed by atoms with Gasteiger partial charge in [-0.2, -0.15) is 0 Å². The molecule has 1 saturated heterocycles. The third kappa shape index (κ3) is 3.19. The number of fused-ring (bicyclic) bond motifs is 1. The Morgan fingerprint density at radius 2 is 2.48 bits per heavy atom.